The highest BCUT2D eigenvalue weighted by Gasteiger charge is 2.77. The van der Waals surface area contributed by atoms with Crippen molar-refractivity contribution >= 4 is 24.0 Å². The summed E-state index contributed by atoms with van der Waals surface area (Å²) in [5, 5.41) is 11.7. The summed E-state index contributed by atoms with van der Waals surface area (Å²) in [4.78, 5) is 39.8. The maximum atomic E-state index is 13.9. The molecule has 2 aromatic rings. The fourth-order valence-electron chi connectivity index (χ4n) is 10.9. The first kappa shape index (κ1) is 35.4. The SMILES string of the molecule is C=C(C)C(=O)OC1CC(OC(C)=O)C2(C)COC3C(OC(=O)/C=C/c4ccccc4)C4(C)C5=C(C)C(c6ccoc6)CC5OC(O)CC4C1(C)C32. The fraction of sp³-hybridized carbons (Fsp3) is 0.537. The fourth-order valence-corrected chi connectivity index (χ4v) is 10.9. The van der Waals surface area contributed by atoms with Crippen LogP contribution in [0.25, 0.3) is 6.08 Å². The molecule has 5 aliphatic rings. The van der Waals surface area contributed by atoms with Crippen molar-refractivity contribution in [1.29, 1.82) is 0 Å². The van der Waals surface area contributed by atoms with E-state index in [0.717, 1.165) is 22.3 Å². The number of benzene rings is 1. The molecule has 12 atom stereocenters. The average Bonchev–Trinajstić information content (AvgIpc) is 3.80. The van der Waals surface area contributed by atoms with E-state index in [0.29, 0.717) is 6.42 Å². The van der Waals surface area contributed by atoms with Crippen LogP contribution in [-0.2, 0) is 38.1 Å². The van der Waals surface area contributed by atoms with Crippen molar-refractivity contribution in [3.8, 4) is 0 Å². The number of carbonyl (C=O) groups excluding carboxylic acids is 3. The van der Waals surface area contributed by atoms with Gasteiger partial charge in [0.25, 0.3) is 0 Å². The van der Waals surface area contributed by atoms with Crippen molar-refractivity contribution in [2.24, 2.45) is 28.1 Å². The van der Waals surface area contributed by atoms with Gasteiger partial charge in [-0.05, 0) is 55.0 Å². The lowest BCUT2D eigenvalue weighted by molar-refractivity contribution is -0.261. The Morgan fingerprint density at radius 3 is 2.39 bits per heavy atom. The van der Waals surface area contributed by atoms with Gasteiger partial charge in [0.15, 0.2) is 6.29 Å². The number of hydrogen-bond acceptors (Lipinski definition) is 10. The largest absolute Gasteiger partial charge is 0.472 e. The Labute approximate surface area is 298 Å². The van der Waals surface area contributed by atoms with Crippen LogP contribution in [0.4, 0.5) is 0 Å². The average molecular weight is 701 g/mol. The highest BCUT2D eigenvalue weighted by molar-refractivity contribution is 5.87. The predicted molar refractivity (Wildman–Crippen MR) is 186 cm³/mol. The van der Waals surface area contributed by atoms with Gasteiger partial charge in [0.2, 0.25) is 0 Å². The third kappa shape index (κ3) is 5.61. The number of rotatable bonds is 7. The molecule has 51 heavy (non-hydrogen) atoms. The number of allylic oxidation sites excluding steroid dienone is 1. The first-order chi connectivity index (χ1) is 24.2. The molecule has 2 aliphatic heterocycles. The summed E-state index contributed by atoms with van der Waals surface area (Å²) in [6.07, 6.45) is 2.93. The number of aliphatic hydroxyl groups is 1. The molecule has 3 heterocycles. The molecule has 7 rings (SSSR count). The van der Waals surface area contributed by atoms with Gasteiger partial charge in [0.1, 0.15) is 18.3 Å². The normalized spacial score (nSPS) is 39.8. The summed E-state index contributed by atoms with van der Waals surface area (Å²) in [5.41, 5.74) is 1.53. The molecule has 2 saturated carbocycles. The third-order valence-corrected chi connectivity index (χ3v) is 12.9. The molecule has 1 aromatic heterocycles. The van der Waals surface area contributed by atoms with E-state index in [9.17, 15) is 19.5 Å². The van der Waals surface area contributed by atoms with Crippen LogP contribution in [0.5, 0.6) is 0 Å². The van der Waals surface area contributed by atoms with E-state index < -0.39 is 82.8 Å². The topological polar surface area (TPSA) is 131 Å². The van der Waals surface area contributed by atoms with Crippen LogP contribution < -0.4 is 0 Å². The molecule has 2 saturated heterocycles. The van der Waals surface area contributed by atoms with E-state index in [1.807, 2.05) is 43.3 Å². The molecular formula is C41H48O10. The Hall–Kier alpha value is -3.99. The minimum Gasteiger partial charge on any atom is -0.472 e. The predicted octanol–water partition coefficient (Wildman–Crippen LogP) is 6.30. The highest BCUT2D eigenvalue weighted by Crippen LogP contribution is 2.72. The van der Waals surface area contributed by atoms with E-state index in [1.54, 1.807) is 25.5 Å². The van der Waals surface area contributed by atoms with Gasteiger partial charge in [-0.15, -0.1) is 0 Å². The van der Waals surface area contributed by atoms with Crippen molar-refractivity contribution in [2.45, 2.75) is 104 Å². The standard InChI is InChI=1S/C41H48O10/c1-22(2)38(45)50-31-19-30(48-24(4)42)39(5)21-47-35-36(39)40(31,6)29-18-33(44)49-28-17-27(26-15-16-46-20-26)23(3)34(28)41(29,7)37(35)51-32(43)14-13-25-11-9-8-10-12-25/h8-16,20,27-31,33,35-37,44H,1,17-19,21H2,2-7H3/b14-13+. The van der Waals surface area contributed by atoms with Crippen LogP contribution in [0.15, 0.2) is 82.7 Å². The molecule has 10 nitrogen and oxygen atoms in total. The Morgan fingerprint density at radius 1 is 0.980 bits per heavy atom. The van der Waals surface area contributed by atoms with Crippen LogP contribution in [0.1, 0.15) is 77.8 Å². The van der Waals surface area contributed by atoms with Crippen molar-refractivity contribution < 1.29 is 47.6 Å². The van der Waals surface area contributed by atoms with E-state index in [-0.39, 0.29) is 30.9 Å². The Morgan fingerprint density at radius 2 is 1.73 bits per heavy atom. The second-order valence-corrected chi connectivity index (χ2v) is 15.8. The zero-order valence-electron chi connectivity index (χ0n) is 30.1. The molecule has 1 aromatic carbocycles. The van der Waals surface area contributed by atoms with Gasteiger partial charge in [0.05, 0.1) is 31.3 Å². The van der Waals surface area contributed by atoms with Crippen LogP contribution in [-0.4, -0.2) is 66.4 Å². The van der Waals surface area contributed by atoms with Crippen molar-refractivity contribution in [3.63, 3.8) is 0 Å². The number of furan rings is 1. The summed E-state index contributed by atoms with van der Waals surface area (Å²) in [6.45, 7) is 15.3. The van der Waals surface area contributed by atoms with Gasteiger partial charge in [-0.3, -0.25) is 4.79 Å². The van der Waals surface area contributed by atoms with Gasteiger partial charge in [-0.1, -0.05) is 63.3 Å². The molecule has 10 heteroatoms. The Kier molecular flexibility index (Phi) is 8.96. The number of fused-ring (bicyclic) bond motifs is 4. The van der Waals surface area contributed by atoms with Crippen LogP contribution in [0.3, 0.4) is 0 Å². The lowest BCUT2D eigenvalue weighted by atomic mass is 9.39. The number of esters is 3. The third-order valence-electron chi connectivity index (χ3n) is 12.9. The van der Waals surface area contributed by atoms with Crippen LogP contribution >= 0.6 is 0 Å². The Bertz CT molecular complexity index is 1760. The van der Waals surface area contributed by atoms with Crippen molar-refractivity contribution in [3.05, 3.63) is 89.4 Å². The van der Waals surface area contributed by atoms with E-state index in [4.69, 9.17) is 28.1 Å². The van der Waals surface area contributed by atoms with E-state index in [2.05, 4.69) is 27.4 Å². The molecule has 4 fully saturated rings. The number of hydrogen-bond donors (Lipinski definition) is 1. The van der Waals surface area contributed by atoms with Crippen molar-refractivity contribution in [1.82, 2.24) is 0 Å². The molecule has 3 aliphatic carbocycles. The maximum absolute atomic E-state index is 13.9. The second-order valence-electron chi connectivity index (χ2n) is 15.8. The quantitative estimate of drug-likeness (QED) is 0.152. The molecule has 0 bridgehead atoms. The van der Waals surface area contributed by atoms with E-state index >= 15 is 0 Å². The molecule has 12 unspecified atom stereocenters. The molecule has 0 radical (unpaired) electrons. The van der Waals surface area contributed by atoms with Crippen molar-refractivity contribution in [2.75, 3.05) is 6.61 Å². The zero-order valence-corrected chi connectivity index (χ0v) is 30.1. The molecule has 0 spiro atoms. The number of aliphatic hydroxyl groups excluding tert-OH is 1. The summed E-state index contributed by atoms with van der Waals surface area (Å²) in [6, 6.07) is 11.4. The monoisotopic (exact) mass is 700 g/mol. The molecule has 272 valence electrons. The number of carbonyl (C=O) groups is 3. The van der Waals surface area contributed by atoms with Gasteiger partial charge in [0, 0.05) is 59.5 Å². The minimum absolute atomic E-state index is 0.0575. The van der Waals surface area contributed by atoms with E-state index in [1.165, 1.54) is 13.0 Å². The highest BCUT2D eigenvalue weighted by atomic mass is 16.6. The molecule has 1 N–H and O–H groups in total. The maximum Gasteiger partial charge on any atom is 0.333 e. The minimum atomic E-state index is -1.16. The van der Waals surface area contributed by atoms with Gasteiger partial charge in [-0.25, -0.2) is 9.59 Å². The van der Waals surface area contributed by atoms with Gasteiger partial charge < -0.3 is 33.2 Å². The van der Waals surface area contributed by atoms with Gasteiger partial charge >= 0.3 is 17.9 Å². The smallest absolute Gasteiger partial charge is 0.333 e. The second kappa shape index (κ2) is 12.9. The van der Waals surface area contributed by atoms with Crippen LogP contribution in [0, 0.1) is 28.1 Å². The zero-order chi connectivity index (χ0) is 36.5. The summed E-state index contributed by atoms with van der Waals surface area (Å²) in [7, 11) is 0. The first-order valence-electron chi connectivity index (χ1n) is 17.8. The van der Waals surface area contributed by atoms with Gasteiger partial charge in [-0.2, -0.15) is 0 Å². The lowest BCUT2D eigenvalue weighted by Crippen LogP contribution is -2.72. The Balaban J connectivity index is 1.42. The summed E-state index contributed by atoms with van der Waals surface area (Å²) in [5.74, 6) is -2.47. The first-order valence-corrected chi connectivity index (χ1v) is 17.8. The number of ether oxygens (including phenoxy) is 5. The summed E-state index contributed by atoms with van der Waals surface area (Å²) < 4.78 is 37.7. The van der Waals surface area contributed by atoms with Crippen LogP contribution in [0.2, 0.25) is 0 Å². The lowest BCUT2D eigenvalue weighted by Gasteiger charge is -2.66. The summed E-state index contributed by atoms with van der Waals surface area (Å²) >= 11 is 0. The molecule has 0 amide bonds. The molecular weight excluding hydrogens is 652 g/mol.